The third-order valence-electron chi connectivity index (χ3n) is 5.40. The average Bonchev–Trinajstić information content (AvgIpc) is 3.58. The second-order valence-corrected chi connectivity index (χ2v) is 8.14. The van der Waals surface area contributed by atoms with Gasteiger partial charge in [-0.15, -0.1) is 0 Å². The van der Waals surface area contributed by atoms with Crippen molar-refractivity contribution < 1.29 is 14.3 Å². The van der Waals surface area contributed by atoms with E-state index in [9.17, 15) is 9.59 Å². The fourth-order valence-corrected chi connectivity index (χ4v) is 3.57. The Morgan fingerprint density at radius 3 is 2.44 bits per heavy atom. The molecule has 1 aliphatic rings. The van der Waals surface area contributed by atoms with Gasteiger partial charge in [-0.05, 0) is 56.2 Å². The summed E-state index contributed by atoms with van der Waals surface area (Å²) in [5.74, 6) is 0.932. The maximum Gasteiger partial charge on any atom is 0.246 e. The molecule has 0 unspecified atom stereocenters. The lowest BCUT2D eigenvalue weighted by Crippen LogP contribution is -2.39. The lowest BCUT2D eigenvalue weighted by atomic mass is 10.2. The highest BCUT2D eigenvalue weighted by molar-refractivity contribution is 6.30. The van der Waals surface area contributed by atoms with Gasteiger partial charge in [-0.25, -0.2) is 4.98 Å². The zero-order valence-corrected chi connectivity index (χ0v) is 18.8. The van der Waals surface area contributed by atoms with E-state index in [2.05, 4.69) is 10.3 Å². The lowest BCUT2D eigenvalue weighted by Gasteiger charge is -2.20. The summed E-state index contributed by atoms with van der Waals surface area (Å²) in [5, 5.41) is 3.52. The Labute approximate surface area is 192 Å². The summed E-state index contributed by atoms with van der Waals surface area (Å²) < 4.78 is 7.05. The number of benzene rings is 2. The van der Waals surface area contributed by atoms with Gasteiger partial charge in [-0.2, -0.15) is 0 Å². The Balaban J connectivity index is 1.61. The van der Waals surface area contributed by atoms with Crippen molar-refractivity contribution in [3.63, 3.8) is 0 Å². The largest absolute Gasteiger partial charge is 0.497 e. The molecule has 166 valence electrons. The van der Waals surface area contributed by atoms with Crippen LogP contribution in [-0.4, -0.2) is 46.5 Å². The lowest BCUT2D eigenvalue weighted by molar-refractivity contribution is -0.135. The van der Waals surface area contributed by atoms with Crippen LogP contribution in [0.1, 0.15) is 19.8 Å². The molecule has 0 aliphatic heterocycles. The first-order valence-corrected chi connectivity index (χ1v) is 10.9. The average molecular weight is 453 g/mol. The second kappa shape index (κ2) is 9.44. The maximum absolute atomic E-state index is 12.8. The molecule has 1 aliphatic carbocycles. The second-order valence-electron chi connectivity index (χ2n) is 7.70. The number of hydrogen-bond acceptors (Lipinski definition) is 4. The van der Waals surface area contributed by atoms with Gasteiger partial charge in [0.05, 0.1) is 19.3 Å². The molecule has 1 saturated carbocycles. The van der Waals surface area contributed by atoms with Crippen LogP contribution in [0.2, 0.25) is 5.02 Å². The SMILES string of the molecule is CCN(CC(=O)Nc1nc(-c2ccc(Cl)cc2)cn1-c1ccc(OC)cc1)C(=O)C1CC1. The molecule has 1 N–H and O–H groups in total. The van der Waals surface area contributed by atoms with E-state index in [-0.39, 0.29) is 24.3 Å². The van der Waals surface area contributed by atoms with Gasteiger partial charge < -0.3 is 9.64 Å². The van der Waals surface area contributed by atoms with Gasteiger partial charge in [0.2, 0.25) is 17.8 Å². The number of aromatic nitrogens is 2. The number of halogens is 1. The summed E-state index contributed by atoms with van der Waals surface area (Å²) in [6.45, 7) is 2.37. The number of amides is 2. The summed E-state index contributed by atoms with van der Waals surface area (Å²) in [5.41, 5.74) is 2.38. The van der Waals surface area contributed by atoms with Crippen LogP contribution in [0.5, 0.6) is 5.75 Å². The molecule has 7 nitrogen and oxygen atoms in total. The molecular weight excluding hydrogens is 428 g/mol. The normalized spacial score (nSPS) is 13.0. The molecule has 1 heterocycles. The number of ether oxygens (including phenoxy) is 1. The number of carbonyl (C=O) groups excluding carboxylic acids is 2. The highest BCUT2D eigenvalue weighted by Crippen LogP contribution is 2.31. The standard InChI is InChI=1S/C24H25ClN4O3/c1-3-28(23(31)17-4-5-17)15-22(30)27-24-26-21(16-6-8-18(25)9-7-16)14-29(24)19-10-12-20(32-2)13-11-19/h6-14,17H,3-5,15H2,1-2H3,(H,26,27,30). The zero-order chi connectivity index (χ0) is 22.7. The summed E-state index contributed by atoms with van der Waals surface area (Å²) in [6, 6.07) is 14.8. The molecule has 0 saturated heterocycles. The Morgan fingerprint density at radius 2 is 1.84 bits per heavy atom. The molecule has 1 fully saturated rings. The molecule has 0 radical (unpaired) electrons. The topological polar surface area (TPSA) is 76.5 Å². The van der Waals surface area contributed by atoms with Gasteiger partial charge >= 0.3 is 0 Å². The molecule has 2 amide bonds. The van der Waals surface area contributed by atoms with Crippen molar-refractivity contribution in [1.29, 1.82) is 0 Å². The number of nitrogens with zero attached hydrogens (tertiary/aromatic N) is 3. The Morgan fingerprint density at radius 1 is 1.16 bits per heavy atom. The number of imidazole rings is 1. The van der Waals surface area contributed by atoms with Gasteiger partial charge in [0.25, 0.3) is 0 Å². The van der Waals surface area contributed by atoms with E-state index in [4.69, 9.17) is 16.3 Å². The number of likely N-dealkylation sites (N-methyl/N-ethyl adjacent to an activating group) is 1. The van der Waals surface area contributed by atoms with Crippen molar-refractivity contribution in [3.05, 3.63) is 59.8 Å². The van der Waals surface area contributed by atoms with E-state index in [0.29, 0.717) is 23.2 Å². The maximum atomic E-state index is 12.8. The van der Waals surface area contributed by atoms with Gasteiger partial charge in [-0.1, -0.05) is 23.7 Å². The summed E-state index contributed by atoms with van der Waals surface area (Å²) in [4.78, 5) is 31.4. The first-order valence-electron chi connectivity index (χ1n) is 10.6. The van der Waals surface area contributed by atoms with E-state index in [1.54, 1.807) is 28.7 Å². The summed E-state index contributed by atoms with van der Waals surface area (Å²) >= 11 is 6.02. The molecular formula is C24H25ClN4O3. The first-order chi connectivity index (χ1) is 15.5. The van der Waals surface area contributed by atoms with Crippen molar-refractivity contribution in [1.82, 2.24) is 14.5 Å². The Bertz CT molecular complexity index is 1110. The number of methoxy groups -OCH3 is 1. The number of carbonyl (C=O) groups is 2. The molecule has 8 heteroatoms. The van der Waals surface area contributed by atoms with Gasteiger partial charge in [0.1, 0.15) is 5.75 Å². The molecule has 4 rings (SSSR count). The minimum absolute atomic E-state index is 0.00240. The van der Waals surface area contributed by atoms with E-state index in [1.807, 2.05) is 49.5 Å². The van der Waals surface area contributed by atoms with Gasteiger partial charge in [-0.3, -0.25) is 19.5 Å². The van der Waals surface area contributed by atoms with Crippen molar-refractivity contribution in [3.8, 4) is 22.7 Å². The number of anilines is 1. The predicted molar refractivity (Wildman–Crippen MR) is 124 cm³/mol. The van der Waals surface area contributed by atoms with Crippen LogP contribution in [0.15, 0.2) is 54.7 Å². The van der Waals surface area contributed by atoms with E-state index >= 15 is 0 Å². The molecule has 1 aromatic heterocycles. The van der Waals surface area contributed by atoms with E-state index in [1.165, 1.54) is 0 Å². The fourth-order valence-electron chi connectivity index (χ4n) is 3.44. The van der Waals surface area contributed by atoms with Crippen LogP contribution >= 0.6 is 11.6 Å². The highest BCUT2D eigenvalue weighted by Gasteiger charge is 2.33. The van der Waals surface area contributed by atoms with Gasteiger partial charge in [0.15, 0.2) is 0 Å². The zero-order valence-electron chi connectivity index (χ0n) is 18.0. The number of hydrogen-bond donors (Lipinski definition) is 1. The molecule has 2 aromatic carbocycles. The summed E-state index contributed by atoms with van der Waals surface area (Å²) in [7, 11) is 1.61. The number of nitrogens with one attached hydrogen (secondary N) is 1. The summed E-state index contributed by atoms with van der Waals surface area (Å²) in [6.07, 6.45) is 3.67. The third-order valence-corrected chi connectivity index (χ3v) is 5.65. The van der Waals surface area contributed by atoms with Crippen LogP contribution in [-0.2, 0) is 9.59 Å². The van der Waals surface area contributed by atoms with Crippen molar-refractivity contribution >= 4 is 29.4 Å². The van der Waals surface area contributed by atoms with E-state index in [0.717, 1.165) is 29.8 Å². The predicted octanol–water partition coefficient (Wildman–Crippen LogP) is 4.40. The minimum atomic E-state index is -0.288. The van der Waals surface area contributed by atoms with Crippen LogP contribution in [0.3, 0.4) is 0 Å². The molecule has 0 bridgehead atoms. The van der Waals surface area contributed by atoms with Gasteiger partial charge in [0, 0.05) is 34.9 Å². The first kappa shape index (κ1) is 21.9. The van der Waals surface area contributed by atoms with Crippen molar-refractivity contribution in [2.75, 3.05) is 25.5 Å². The monoisotopic (exact) mass is 452 g/mol. The Hall–Kier alpha value is -3.32. The Kier molecular flexibility index (Phi) is 6.46. The van der Waals surface area contributed by atoms with Crippen LogP contribution < -0.4 is 10.1 Å². The number of rotatable bonds is 8. The molecule has 3 aromatic rings. The van der Waals surface area contributed by atoms with Crippen LogP contribution in [0.4, 0.5) is 5.95 Å². The third kappa shape index (κ3) is 4.94. The minimum Gasteiger partial charge on any atom is -0.497 e. The fraction of sp³-hybridized carbons (Fsp3) is 0.292. The smallest absolute Gasteiger partial charge is 0.246 e. The van der Waals surface area contributed by atoms with E-state index < -0.39 is 0 Å². The van der Waals surface area contributed by atoms with Crippen molar-refractivity contribution in [2.45, 2.75) is 19.8 Å². The molecule has 32 heavy (non-hydrogen) atoms. The van der Waals surface area contributed by atoms with Crippen LogP contribution in [0.25, 0.3) is 16.9 Å². The van der Waals surface area contributed by atoms with Crippen molar-refractivity contribution in [2.24, 2.45) is 5.92 Å². The highest BCUT2D eigenvalue weighted by atomic mass is 35.5. The quantitative estimate of drug-likeness (QED) is 0.549. The van der Waals surface area contributed by atoms with Crippen LogP contribution in [0, 0.1) is 5.92 Å². The molecule has 0 atom stereocenters. The molecule has 0 spiro atoms.